The van der Waals surface area contributed by atoms with Gasteiger partial charge in [-0.1, -0.05) is 42.5 Å². The van der Waals surface area contributed by atoms with E-state index in [4.69, 9.17) is 0 Å². The predicted octanol–water partition coefficient (Wildman–Crippen LogP) is 4.25. The van der Waals surface area contributed by atoms with Crippen molar-refractivity contribution in [2.45, 2.75) is 12.5 Å². The molecule has 0 spiro atoms. The molecule has 0 saturated carbocycles. The van der Waals surface area contributed by atoms with Crippen LogP contribution in [-0.2, 0) is 6.54 Å². The highest BCUT2D eigenvalue weighted by molar-refractivity contribution is 7.15. The fraction of sp³-hybridized carbons (Fsp3) is 0.217. The molecule has 146 valence electrons. The Balaban J connectivity index is 1.22. The number of aromatic nitrogens is 2. The summed E-state index contributed by atoms with van der Waals surface area (Å²) in [5.41, 5.74) is 3.80. The first kappa shape index (κ1) is 18.1. The Morgan fingerprint density at radius 3 is 2.76 bits per heavy atom. The fourth-order valence-electron chi connectivity index (χ4n) is 3.73. The van der Waals surface area contributed by atoms with Crippen LogP contribution in [0.4, 0.5) is 0 Å². The number of H-pyrrole nitrogens is 1. The summed E-state index contributed by atoms with van der Waals surface area (Å²) in [7, 11) is 2.14. The molecule has 3 heterocycles. The summed E-state index contributed by atoms with van der Waals surface area (Å²) in [5.74, 6) is 0.487. The Morgan fingerprint density at radius 1 is 1.21 bits per heavy atom. The molecule has 29 heavy (non-hydrogen) atoms. The van der Waals surface area contributed by atoms with Gasteiger partial charge in [0.2, 0.25) is 0 Å². The molecular weight excluding hydrogens is 380 g/mol. The molecule has 0 atom stereocenters. The van der Waals surface area contributed by atoms with E-state index in [1.807, 2.05) is 36.5 Å². The van der Waals surface area contributed by atoms with Gasteiger partial charge in [-0.15, -0.1) is 11.3 Å². The summed E-state index contributed by atoms with van der Waals surface area (Å²) >= 11 is 1.78. The third kappa shape index (κ3) is 3.69. The molecule has 2 aromatic heterocycles. The van der Waals surface area contributed by atoms with Gasteiger partial charge in [0.05, 0.1) is 9.88 Å². The quantitative estimate of drug-likeness (QED) is 0.525. The summed E-state index contributed by atoms with van der Waals surface area (Å²) < 4.78 is 0. The van der Waals surface area contributed by atoms with Gasteiger partial charge in [0.15, 0.2) is 0 Å². The third-order valence-corrected chi connectivity index (χ3v) is 6.61. The highest BCUT2D eigenvalue weighted by Gasteiger charge is 2.27. The maximum Gasteiger partial charge on any atom is 0.267 e. The van der Waals surface area contributed by atoms with Crippen LogP contribution in [0.1, 0.15) is 27.0 Å². The summed E-state index contributed by atoms with van der Waals surface area (Å²) in [6.45, 7) is 2.70. The first-order chi connectivity index (χ1) is 14.2. The van der Waals surface area contributed by atoms with Gasteiger partial charge in [0, 0.05) is 42.7 Å². The number of hydrogen-bond acceptors (Lipinski definition) is 4. The summed E-state index contributed by atoms with van der Waals surface area (Å²) in [6.07, 6.45) is 1.98. The number of thiazole rings is 1. The minimum Gasteiger partial charge on any atom is -0.351 e. The number of nitrogens with zero attached hydrogens (tertiary/aromatic N) is 2. The van der Waals surface area contributed by atoms with Gasteiger partial charge in [-0.3, -0.25) is 4.79 Å². The number of nitrogens with one attached hydrogen (secondary N) is 2. The van der Waals surface area contributed by atoms with E-state index in [2.05, 4.69) is 51.5 Å². The molecule has 0 aliphatic carbocycles. The van der Waals surface area contributed by atoms with Gasteiger partial charge in [0.1, 0.15) is 5.69 Å². The van der Waals surface area contributed by atoms with E-state index >= 15 is 0 Å². The summed E-state index contributed by atoms with van der Waals surface area (Å²) in [5, 5.41) is 5.26. The highest BCUT2D eigenvalue weighted by Crippen LogP contribution is 2.33. The predicted molar refractivity (Wildman–Crippen MR) is 117 cm³/mol. The van der Waals surface area contributed by atoms with Crippen molar-refractivity contribution in [1.29, 1.82) is 0 Å². The molecule has 1 aliphatic rings. The normalized spacial score (nSPS) is 14.8. The lowest BCUT2D eigenvalue weighted by atomic mass is 10.0. The van der Waals surface area contributed by atoms with Crippen LogP contribution in [0.5, 0.6) is 0 Å². The van der Waals surface area contributed by atoms with E-state index in [1.54, 1.807) is 11.3 Å². The largest absolute Gasteiger partial charge is 0.351 e. The molecule has 1 fully saturated rings. The SMILES string of the molecule is CN1CC(c2ncc(-c3ccc(CNC(=O)c4cc5ccccc5[nH]4)cc3)s2)C1. The lowest BCUT2D eigenvalue weighted by molar-refractivity contribution is 0.0947. The van der Waals surface area contributed by atoms with E-state index in [-0.39, 0.29) is 5.91 Å². The first-order valence-corrected chi connectivity index (χ1v) is 10.6. The molecular formula is C23H22N4OS. The van der Waals surface area contributed by atoms with Crippen molar-refractivity contribution in [2.75, 3.05) is 20.1 Å². The van der Waals surface area contributed by atoms with Crippen LogP contribution in [0.25, 0.3) is 21.3 Å². The average molecular weight is 403 g/mol. The van der Waals surface area contributed by atoms with Crippen molar-refractivity contribution in [2.24, 2.45) is 0 Å². The smallest absolute Gasteiger partial charge is 0.267 e. The van der Waals surface area contributed by atoms with E-state index in [0.29, 0.717) is 18.2 Å². The topological polar surface area (TPSA) is 61.0 Å². The number of fused-ring (bicyclic) bond motifs is 1. The van der Waals surface area contributed by atoms with Gasteiger partial charge in [0.25, 0.3) is 5.91 Å². The van der Waals surface area contributed by atoms with Gasteiger partial charge in [-0.05, 0) is 30.3 Å². The van der Waals surface area contributed by atoms with Crippen molar-refractivity contribution in [3.63, 3.8) is 0 Å². The zero-order valence-electron chi connectivity index (χ0n) is 16.2. The van der Waals surface area contributed by atoms with Crippen LogP contribution in [0, 0.1) is 0 Å². The molecule has 0 bridgehead atoms. The zero-order chi connectivity index (χ0) is 19.8. The van der Waals surface area contributed by atoms with Crippen LogP contribution in [-0.4, -0.2) is 40.9 Å². The van der Waals surface area contributed by atoms with Crippen LogP contribution in [0.15, 0.2) is 60.8 Å². The molecule has 1 amide bonds. The average Bonchev–Trinajstić information content (AvgIpc) is 3.37. The van der Waals surface area contributed by atoms with E-state index in [1.165, 1.54) is 15.4 Å². The summed E-state index contributed by atoms with van der Waals surface area (Å²) in [4.78, 5) is 23.7. The van der Waals surface area contributed by atoms with Gasteiger partial charge < -0.3 is 15.2 Å². The number of aromatic amines is 1. The van der Waals surface area contributed by atoms with E-state index in [9.17, 15) is 4.79 Å². The maximum absolute atomic E-state index is 12.4. The molecule has 2 aromatic carbocycles. The number of likely N-dealkylation sites (tertiary alicyclic amines) is 1. The minimum atomic E-state index is -0.0946. The van der Waals surface area contributed by atoms with Crippen LogP contribution >= 0.6 is 11.3 Å². The Bertz CT molecular complexity index is 1120. The number of amides is 1. The van der Waals surface area contributed by atoms with E-state index < -0.39 is 0 Å². The lowest BCUT2D eigenvalue weighted by Crippen LogP contribution is -2.41. The zero-order valence-corrected chi connectivity index (χ0v) is 17.0. The Labute approximate surface area is 173 Å². The molecule has 4 aromatic rings. The number of hydrogen-bond donors (Lipinski definition) is 2. The molecule has 5 rings (SSSR count). The maximum atomic E-state index is 12.4. The number of rotatable bonds is 5. The standard InChI is InChI=1S/C23H22N4OS/c1-27-13-18(14-27)23-25-12-21(29-23)16-8-6-15(7-9-16)11-24-22(28)20-10-17-4-2-3-5-19(17)26-20/h2-10,12,18,26H,11,13-14H2,1H3,(H,24,28). The van der Waals surface area contributed by atoms with Gasteiger partial charge in [-0.2, -0.15) is 0 Å². The Hall–Kier alpha value is -2.96. The number of carbonyl (C=O) groups excluding carboxylic acids is 1. The highest BCUT2D eigenvalue weighted by atomic mass is 32.1. The lowest BCUT2D eigenvalue weighted by Gasteiger charge is -2.34. The Kier molecular flexibility index (Phi) is 4.66. The van der Waals surface area contributed by atoms with Crippen LogP contribution in [0.2, 0.25) is 0 Å². The molecule has 6 heteroatoms. The monoisotopic (exact) mass is 402 g/mol. The number of benzene rings is 2. The number of para-hydroxylation sites is 1. The van der Waals surface area contributed by atoms with Crippen molar-refractivity contribution >= 4 is 28.1 Å². The summed E-state index contributed by atoms with van der Waals surface area (Å²) in [6, 6.07) is 18.1. The van der Waals surface area contributed by atoms with Crippen molar-refractivity contribution in [3.8, 4) is 10.4 Å². The van der Waals surface area contributed by atoms with E-state index in [0.717, 1.165) is 29.6 Å². The molecule has 1 saturated heterocycles. The molecule has 1 aliphatic heterocycles. The second-order valence-electron chi connectivity index (χ2n) is 7.63. The fourth-order valence-corrected chi connectivity index (χ4v) is 4.73. The second kappa shape index (κ2) is 7.46. The molecule has 0 unspecified atom stereocenters. The Morgan fingerprint density at radius 2 is 2.00 bits per heavy atom. The van der Waals surface area contributed by atoms with Crippen LogP contribution < -0.4 is 5.32 Å². The minimum absolute atomic E-state index is 0.0946. The third-order valence-electron chi connectivity index (χ3n) is 5.40. The number of likely N-dealkylation sites (N-methyl/N-ethyl adjacent to an activating group) is 1. The second-order valence-corrected chi connectivity index (χ2v) is 8.69. The molecule has 2 N–H and O–H groups in total. The van der Waals surface area contributed by atoms with Crippen molar-refractivity contribution in [1.82, 2.24) is 20.2 Å². The van der Waals surface area contributed by atoms with Crippen molar-refractivity contribution in [3.05, 3.63) is 77.1 Å². The van der Waals surface area contributed by atoms with Crippen LogP contribution in [0.3, 0.4) is 0 Å². The number of carbonyl (C=O) groups is 1. The van der Waals surface area contributed by atoms with Gasteiger partial charge >= 0.3 is 0 Å². The van der Waals surface area contributed by atoms with Gasteiger partial charge in [-0.25, -0.2) is 4.98 Å². The first-order valence-electron chi connectivity index (χ1n) is 9.75. The van der Waals surface area contributed by atoms with Crippen molar-refractivity contribution < 1.29 is 4.79 Å². The molecule has 0 radical (unpaired) electrons. The molecule has 5 nitrogen and oxygen atoms in total.